The van der Waals surface area contributed by atoms with E-state index in [2.05, 4.69) is 13.5 Å². The molecule has 0 aromatic carbocycles. The van der Waals surface area contributed by atoms with Crippen molar-refractivity contribution in [3.8, 4) is 0 Å². The fourth-order valence-electron chi connectivity index (χ4n) is 6.34. The maximum absolute atomic E-state index is 14.2. The highest BCUT2D eigenvalue weighted by Gasteiger charge is 2.62. The van der Waals surface area contributed by atoms with Crippen LogP contribution in [-0.2, 0) is 4.79 Å². The molecule has 0 amide bonds. The van der Waals surface area contributed by atoms with Gasteiger partial charge in [0.25, 0.3) is 0 Å². The number of alkyl halides is 1. The Balaban J connectivity index is 1.76. The molecule has 1 N–H and O–H groups in total. The molecule has 3 heteroatoms. The molecule has 124 valence electrons. The Kier molecular flexibility index (Phi) is 3.09. The molecule has 0 heterocycles. The second kappa shape index (κ2) is 4.64. The summed E-state index contributed by atoms with van der Waals surface area (Å²) in [5, 5.41) is 8.01. The number of nitrogens with one attached hydrogen (secondary N) is 1. The van der Waals surface area contributed by atoms with E-state index < -0.39 is 11.6 Å². The van der Waals surface area contributed by atoms with Gasteiger partial charge in [-0.15, -0.1) is 0 Å². The van der Waals surface area contributed by atoms with E-state index in [1.807, 2.05) is 13.0 Å². The van der Waals surface area contributed by atoms with Gasteiger partial charge >= 0.3 is 0 Å². The van der Waals surface area contributed by atoms with Crippen molar-refractivity contribution < 1.29 is 9.18 Å². The van der Waals surface area contributed by atoms with E-state index >= 15 is 0 Å². The van der Waals surface area contributed by atoms with E-state index in [1.54, 1.807) is 0 Å². The minimum atomic E-state index is -1.26. The number of rotatable bonds is 0. The van der Waals surface area contributed by atoms with Crippen molar-refractivity contribution in [3.05, 3.63) is 23.8 Å². The first-order chi connectivity index (χ1) is 10.8. The lowest BCUT2D eigenvalue weighted by Gasteiger charge is -2.57. The molecule has 3 saturated carbocycles. The molecular formula is C20H26FNO. The van der Waals surface area contributed by atoms with Gasteiger partial charge in [0.1, 0.15) is 0 Å². The summed E-state index contributed by atoms with van der Waals surface area (Å²) in [5.41, 5.74) is 2.69. The van der Waals surface area contributed by atoms with Crippen molar-refractivity contribution >= 4 is 11.5 Å². The van der Waals surface area contributed by atoms with Gasteiger partial charge in [-0.2, -0.15) is 0 Å². The Morgan fingerprint density at radius 2 is 2.00 bits per heavy atom. The van der Waals surface area contributed by atoms with Crippen LogP contribution in [0.3, 0.4) is 0 Å². The molecule has 4 unspecified atom stereocenters. The molecule has 3 fully saturated rings. The zero-order valence-corrected chi connectivity index (χ0v) is 14.1. The maximum atomic E-state index is 14.2. The molecule has 6 atom stereocenters. The third-order valence-corrected chi connectivity index (χ3v) is 7.66. The van der Waals surface area contributed by atoms with Gasteiger partial charge in [0.2, 0.25) is 0 Å². The molecule has 4 aliphatic rings. The molecule has 4 rings (SSSR count). The van der Waals surface area contributed by atoms with Crippen molar-refractivity contribution in [2.45, 2.75) is 58.5 Å². The van der Waals surface area contributed by atoms with Crippen LogP contribution in [0.15, 0.2) is 23.8 Å². The van der Waals surface area contributed by atoms with Crippen LogP contribution in [0.1, 0.15) is 52.4 Å². The lowest BCUT2D eigenvalue weighted by Crippen LogP contribution is -2.51. The first kappa shape index (κ1) is 15.3. The standard InChI is InChI=1S/C20H26FNO/c1-11-8-13-14(19(2)6-4-12(22)9-15(11)19)5-7-20(3)16(13)10-17(21)18(20)23/h9,13-14,16-17,22H,1,4-8,10H2,2-3H3/t13?,14?,16?,17?,19-,20+/m1/s1. The Bertz CT molecular complexity index is 650. The van der Waals surface area contributed by atoms with E-state index in [0.29, 0.717) is 24.0 Å². The van der Waals surface area contributed by atoms with E-state index in [0.717, 1.165) is 37.7 Å². The highest BCUT2D eigenvalue weighted by molar-refractivity contribution is 5.95. The number of hydrogen-bond donors (Lipinski definition) is 1. The molecule has 4 aliphatic carbocycles. The number of carbonyl (C=O) groups is 1. The molecule has 0 saturated heterocycles. The van der Waals surface area contributed by atoms with Crippen LogP contribution in [0.5, 0.6) is 0 Å². The first-order valence-corrected chi connectivity index (χ1v) is 8.93. The quantitative estimate of drug-likeness (QED) is 0.694. The van der Waals surface area contributed by atoms with E-state index in [9.17, 15) is 9.18 Å². The highest BCUT2D eigenvalue weighted by Crippen LogP contribution is 2.65. The van der Waals surface area contributed by atoms with Gasteiger partial charge < -0.3 is 5.41 Å². The largest absolute Gasteiger partial charge is 0.305 e. The number of ketones is 1. The van der Waals surface area contributed by atoms with Gasteiger partial charge in [-0.25, -0.2) is 4.39 Å². The normalized spacial score (nSPS) is 49.3. The molecule has 23 heavy (non-hydrogen) atoms. The average molecular weight is 315 g/mol. The number of hydrogen-bond acceptors (Lipinski definition) is 2. The van der Waals surface area contributed by atoms with Gasteiger partial charge in [-0.1, -0.05) is 26.0 Å². The minimum absolute atomic E-state index is 0.0589. The Morgan fingerprint density at radius 3 is 2.74 bits per heavy atom. The third kappa shape index (κ3) is 1.85. The number of carbonyl (C=O) groups excluding carboxylic acids is 1. The summed E-state index contributed by atoms with van der Waals surface area (Å²) in [5.74, 6) is 0.896. The number of fused-ring (bicyclic) bond motifs is 5. The molecule has 0 aromatic heterocycles. The Labute approximate surface area is 137 Å². The monoisotopic (exact) mass is 315 g/mol. The summed E-state index contributed by atoms with van der Waals surface area (Å²) >= 11 is 0. The molecule has 0 spiro atoms. The SMILES string of the molecule is C=C1CC2C(CC[C@]3(C)C(=O)C(F)CC23)[C@@]2(C)CCC(=N)C=C12. The van der Waals surface area contributed by atoms with Crippen LogP contribution in [-0.4, -0.2) is 17.7 Å². The van der Waals surface area contributed by atoms with Crippen molar-refractivity contribution in [2.75, 3.05) is 0 Å². The Hall–Kier alpha value is -1.25. The van der Waals surface area contributed by atoms with Crippen molar-refractivity contribution in [3.63, 3.8) is 0 Å². The molecular weight excluding hydrogens is 289 g/mol. The number of Topliss-reactive ketones (excluding diaryl/α,β-unsaturated/α-hetero) is 1. The van der Waals surface area contributed by atoms with Gasteiger partial charge in [0, 0.05) is 11.1 Å². The predicted molar refractivity (Wildman–Crippen MR) is 89.2 cm³/mol. The summed E-state index contributed by atoms with van der Waals surface area (Å²) in [6.07, 6.45) is 5.70. The fraction of sp³-hybridized carbons (Fsp3) is 0.700. The second-order valence-corrected chi connectivity index (χ2v) is 8.71. The predicted octanol–water partition coefficient (Wildman–Crippen LogP) is 4.65. The van der Waals surface area contributed by atoms with Crippen LogP contribution < -0.4 is 0 Å². The van der Waals surface area contributed by atoms with Crippen LogP contribution in [0.2, 0.25) is 0 Å². The summed E-state index contributed by atoms with van der Waals surface area (Å²) in [6, 6.07) is 0. The van der Waals surface area contributed by atoms with Crippen molar-refractivity contribution in [1.82, 2.24) is 0 Å². The molecule has 0 bridgehead atoms. The zero-order chi connectivity index (χ0) is 16.6. The maximum Gasteiger partial charge on any atom is 0.173 e. The summed E-state index contributed by atoms with van der Waals surface area (Å²) in [4.78, 5) is 12.4. The molecule has 0 aliphatic heterocycles. The van der Waals surface area contributed by atoms with Crippen LogP contribution in [0.25, 0.3) is 0 Å². The Morgan fingerprint density at radius 1 is 1.26 bits per heavy atom. The number of allylic oxidation sites excluding steroid dienone is 3. The summed E-state index contributed by atoms with van der Waals surface area (Å²) < 4.78 is 14.2. The van der Waals surface area contributed by atoms with Gasteiger partial charge in [0.05, 0.1) is 0 Å². The van der Waals surface area contributed by atoms with Gasteiger partial charge in [-0.3, -0.25) is 4.79 Å². The second-order valence-electron chi connectivity index (χ2n) is 8.71. The van der Waals surface area contributed by atoms with Crippen LogP contribution >= 0.6 is 0 Å². The summed E-state index contributed by atoms with van der Waals surface area (Å²) in [6.45, 7) is 8.62. The smallest absolute Gasteiger partial charge is 0.173 e. The number of halogens is 1. The topological polar surface area (TPSA) is 40.9 Å². The van der Waals surface area contributed by atoms with Crippen LogP contribution in [0.4, 0.5) is 4.39 Å². The molecule has 0 radical (unpaired) electrons. The van der Waals surface area contributed by atoms with Gasteiger partial charge in [0.15, 0.2) is 12.0 Å². The summed E-state index contributed by atoms with van der Waals surface area (Å²) in [7, 11) is 0. The first-order valence-electron chi connectivity index (χ1n) is 8.93. The van der Waals surface area contributed by atoms with E-state index in [1.165, 1.54) is 5.57 Å². The lowest BCUT2D eigenvalue weighted by atomic mass is 9.47. The van der Waals surface area contributed by atoms with Gasteiger partial charge in [-0.05, 0) is 73.3 Å². The minimum Gasteiger partial charge on any atom is -0.305 e. The zero-order valence-electron chi connectivity index (χ0n) is 14.1. The fourth-order valence-corrected chi connectivity index (χ4v) is 6.34. The van der Waals surface area contributed by atoms with E-state index in [4.69, 9.17) is 5.41 Å². The average Bonchev–Trinajstić information content (AvgIpc) is 2.73. The molecule has 0 aromatic rings. The lowest BCUT2D eigenvalue weighted by molar-refractivity contribution is -0.134. The van der Waals surface area contributed by atoms with E-state index in [-0.39, 0.29) is 17.1 Å². The third-order valence-electron chi connectivity index (χ3n) is 7.66. The van der Waals surface area contributed by atoms with Crippen molar-refractivity contribution in [1.29, 1.82) is 5.41 Å². The highest BCUT2D eigenvalue weighted by atomic mass is 19.1. The van der Waals surface area contributed by atoms with Crippen LogP contribution in [0, 0.1) is 34.0 Å². The molecule has 2 nitrogen and oxygen atoms in total. The van der Waals surface area contributed by atoms with Crippen molar-refractivity contribution in [2.24, 2.45) is 28.6 Å².